The van der Waals surface area contributed by atoms with Crippen LogP contribution in [0.4, 0.5) is 0 Å². The highest BCUT2D eigenvalue weighted by Gasteiger charge is 2.28. The third-order valence-corrected chi connectivity index (χ3v) is 3.47. The molecule has 10 nitrogen and oxygen atoms in total. The Labute approximate surface area is 149 Å². The van der Waals surface area contributed by atoms with Crippen molar-refractivity contribution in [3.63, 3.8) is 0 Å². The summed E-state index contributed by atoms with van der Waals surface area (Å²) >= 11 is 0. The summed E-state index contributed by atoms with van der Waals surface area (Å²) in [5, 5.41) is 22.6. The molecule has 0 spiro atoms. The fourth-order valence-electron chi connectivity index (χ4n) is 2.09. The first-order valence-corrected chi connectivity index (χ1v) is 7.76. The van der Waals surface area contributed by atoms with E-state index in [4.69, 9.17) is 21.7 Å². The highest BCUT2D eigenvalue weighted by atomic mass is 16.4. The minimum Gasteiger partial charge on any atom is -0.480 e. The van der Waals surface area contributed by atoms with E-state index in [2.05, 4.69) is 10.6 Å². The summed E-state index contributed by atoms with van der Waals surface area (Å²) in [5.74, 6) is -3.93. The molecule has 0 heterocycles. The molecule has 8 N–H and O–H groups in total. The Morgan fingerprint density at radius 3 is 2.08 bits per heavy atom. The lowest BCUT2D eigenvalue weighted by Crippen LogP contribution is -2.56. The Kier molecular flexibility index (Phi) is 8.19. The van der Waals surface area contributed by atoms with Gasteiger partial charge in [0.1, 0.15) is 18.1 Å². The Morgan fingerprint density at radius 1 is 1.00 bits per heavy atom. The minimum atomic E-state index is -1.53. The average molecular weight is 366 g/mol. The van der Waals surface area contributed by atoms with E-state index in [1.54, 1.807) is 30.3 Å². The van der Waals surface area contributed by atoms with E-state index in [9.17, 15) is 19.2 Å². The first-order chi connectivity index (χ1) is 12.2. The second-order valence-corrected chi connectivity index (χ2v) is 5.61. The quantitative estimate of drug-likeness (QED) is 0.264. The van der Waals surface area contributed by atoms with Crippen molar-refractivity contribution in [1.82, 2.24) is 10.6 Å². The molecule has 1 aromatic carbocycles. The number of amides is 3. The van der Waals surface area contributed by atoms with E-state index in [-0.39, 0.29) is 6.42 Å². The van der Waals surface area contributed by atoms with Crippen molar-refractivity contribution in [3.8, 4) is 0 Å². The fraction of sp³-hybridized carbons (Fsp3) is 0.375. The van der Waals surface area contributed by atoms with Gasteiger partial charge in [0.25, 0.3) is 0 Å². The number of primary amides is 1. The Balaban J connectivity index is 2.94. The van der Waals surface area contributed by atoms with Crippen LogP contribution in [0.25, 0.3) is 0 Å². The van der Waals surface area contributed by atoms with Gasteiger partial charge in [-0.3, -0.25) is 14.4 Å². The van der Waals surface area contributed by atoms with Gasteiger partial charge in [-0.05, 0) is 5.56 Å². The number of benzene rings is 1. The molecule has 0 bridgehead atoms. The van der Waals surface area contributed by atoms with Crippen molar-refractivity contribution in [2.75, 3.05) is 6.61 Å². The largest absolute Gasteiger partial charge is 0.480 e. The van der Waals surface area contributed by atoms with Crippen LogP contribution in [0.15, 0.2) is 30.3 Å². The summed E-state index contributed by atoms with van der Waals surface area (Å²) in [4.78, 5) is 46.5. The van der Waals surface area contributed by atoms with Gasteiger partial charge in [0.05, 0.1) is 13.0 Å². The molecule has 0 aliphatic carbocycles. The van der Waals surface area contributed by atoms with Crippen LogP contribution in [0, 0.1) is 0 Å². The number of carbonyl (C=O) groups excluding carboxylic acids is 3. The van der Waals surface area contributed by atoms with Gasteiger partial charge in [-0.2, -0.15) is 0 Å². The molecule has 3 atom stereocenters. The van der Waals surface area contributed by atoms with E-state index < -0.39 is 54.8 Å². The number of hydrogen-bond donors (Lipinski definition) is 6. The van der Waals surface area contributed by atoms with Crippen LogP contribution in [-0.2, 0) is 25.6 Å². The van der Waals surface area contributed by atoms with E-state index in [0.717, 1.165) is 0 Å². The number of aliphatic carboxylic acids is 1. The van der Waals surface area contributed by atoms with Gasteiger partial charge < -0.3 is 32.3 Å². The van der Waals surface area contributed by atoms with Crippen molar-refractivity contribution in [1.29, 1.82) is 0 Å². The van der Waals surface area contributed by atoms with E-state index in [1.807, 2.05) is 0 Å². The average Bonchev–Trinajstić information content (AvgIpc) is 2.60. The molecule has 3 amide bonds. The molecule has 0 radical (unpaired) electrons. The first-order valence-electron chi connectivity index (χ1n) is 7.76. The Hall–Kier alpha value is -2.98. The number of nitrogens with one attached hydrogen (secondary N) is 2. The summed E-state index contributed by atoms with van der Waals surface area (Å²) in [6.45, 7) is -0.620. The van der Waals surface area contributed by atoms with Gasteiger partial charge in [0, 0.05) is 6.42 Å². The normalized spacial score (nSPS) is 13.9. The molecule has 0 aliphatic heterocycles. The molecule has 0 saturated heterocycles. The standard InChI is InChI=1S/C16H22N4O6/c17-10(8-21)14(23)19-11(6-9-4-2-1-3-5-9)15(24)20-12(16(25)26)7-13(18)22/h1-5,10-12,21H,6-8,17H2,(H2,18,22)(H,19,23)(H,20,24)(H,25,26). The smallest absolute Gasteiger partial charge is 0.326 e. The van der Waals surface area contributed by atoms with Gasteiger partial charge in [-0.1, -0.05) is 30.3 Å². The number of carbonyl (C=O) groups is 4. The molecule has 0 aliphatic rings. The van der Waals surface area contributed by atoms with Crippen LogP contribution in [0.2, 0.25) is 0 Å². The maximum absolute atomic E-state index is 12.4. The minimum absolute atomic E-state index is 0.0550. The molecule has 1 rings (SSSR count). The molecular formula is C16H22N4O6. The third-order valence-electron chi connectivity index (χ3n) is 3.47. The Morgan fingerprint density at radius 2 is 1.58 bits per heavy atom. The predicted molar refractivity (Wildman–Crippen MR) is 90.5 cm³/mol. The molecule has 1 aromatic rings. The predicted octanol–water partition coefficient (Wildman–Crippen LogP) is -2.52. The van der Waals surface area contributed by atoms with Crippen molar-refractivity contribution in [2.45, 2.75) is 31.0 Å². The molecule has 0 aromatic heterocycles. The number of rotatable bonds is 10. The van der Waals surface area contributed by atoms with Crippen LogP contribution in [0.3, 0.4) is 0 Å². The monoisotopic (exact) mass is 366 g/mol. The first kappa shape index (κ1) is 21.1. The summed E-state index contributed by atoms with van der Waals surface area (Å²) < 4.78 is 0. The fourth-order valence-corrected chi connectivity index (χ4v) is 2.09. The SMILES string of the molecule is NC(=O)CC(NC(=O)C(Cc1ccccc1)NC(=O)C(N)CO)C(=O)O. The van der Waals surface area contributed by atoms with E-state index >= 15 is 0 Å². The molecule has 0 fully saturated rings. The number of carboxylic acid groups (broad SMARTS) is 1. The number of hydrogen-bond acceptors (Lipinski definition) is 6. The molecule has 0 saturated carbocycles. The lowest BCUT2D eigenvalue weighted by molar-refractivity contribution is -0.143. The van der Waals surface area contributed by atoms with Gasteiger partial charge >= 0.3 is 5.97 Å². The van der Waals surface area contributed by atoms with Crippen LogP contribution in [0.5, 0.6) is 0 Å². The summed E-state index contributed by atoms with van der Waals surface area (Å²) in [6, 6.07) is 4.76. The van der Waals surface area contributed by atoms with Gasteiger partial charge in [0.15, 0.2) is 0 Å². The molecule has 142 valence electrons. The molecule has 26 heavy (non-hydrogen) atoms. The third kappa shape index (κ3) is 6.87. The molecule has 10 heteroatoms. The van der Waals surface area contributed by atoms with Crippen LogP contribution < -0.4 is 22.1 Å². The zero-order chi connectivity index (χ0) is 19.7. The zero-order valence-corrected chi connectivity index (χ0v) is 13.9. The van der Waals surface area contributed by atoms with Crippen molar-refractivity contribution in [2.24, 2.45) is 11.5 Å². The lowest BCUT2D eigenvalue weighted by Gasteiger charge is -2.22. The van der Waals surface area contributed by atoms with Gasteiger partial charge in [-0.25, -0.2) is 4.79 Å². The van der Waals surface area contributed by atoms with Gasteiger partial charge in [-0.15, -0.1) is 0 Å². The Bertz CT molecular complexity index is 651. The lowest BCUT2D eigenvalue weighted by atomic mass is 10.0. The number of nitrogens with two attached hydrogens (primary N) is 2. The summed E-state index contributed by atoms with van der Waals surface area (Å²) in [6.07, 6.45) is -0.539. The molecular weight excluding hydrogens is 344 g/mol. The maximum atomic E-state index is 12.4. The number of carboxylic acids is 1. The summed E-state index contributed by atoms with van der Waals surface area (Å²) in [7, 11) is 0. The van der Waals surface area contributed by atoms with Crippen LogP contribution >= 0.6 is 0 Å². The topological polar surface area (TPSA) is 185 Å². The molecule has 3 unspecified atom stereocenters. The highest BCUT2D eigenvalue weighted by Crippen LogP contribution is 2.05. The van der Waals surface area contributed by atoms with E-state index in [0.29, 0.717) is 5.56 Å². The van der Waals surface area contributed by atoms with Crippen LogP contribution in [-0.4, -0.2) is 58.6 Å². The zero-order valence-electron chi connectivity index (χ0n) is 13.9. The van der Waals surface area contributed by atoms with Crippen molar-refractivity contribution < 1.29 is 29.4 Å². The summed E-state index contributed by atoms with van der Waals surface area (Å²) in [5.41, 5.74) is 11.1. The van der Waals surface area contributed by atoms with E-state index in [1.165, 1.54) is 0 Å². The van der Waals surface area contributed by atoms with Gasteiger partial charge in [0.2, 0.25) is 17.7 Å². The number of aliphatic hydroxyl groups is 1. The highest BCUT2D eigenvalue weighted by molar-refractivity contribution is 5.93. The van der Waals surface area contributed by atoms with Crippen molar-refractivity contribution >= 4 is 23.7 Å². The second kappa shape index (κ2) is 10.1. The second-order valence-electron chi connectivity index (χ2n) is 5.61. The van der Waals surface area contributed by atoms with Crippen molar-refractivity contribution in [3.05, 3.63) is 35.9 Å². The van der Waals surface area contributed by atoms with Crippen LogP contribution in [0.1, 0.15) is 12.0 Å². The number of aliphatic hydroxyl groups excluding tert-OH is 1. The maximum Gasteiger partial charge on any atom is 0.326 e.